The Morgan fingerprint density at radius 3 is 2.41 bits per heavy atom. The first-order valence-electron chi connectivity index (χ1n) is 14.5. The molecule has 0 aliphatic heterocycles. The van der Waals surface area contributed by atoms with Gasteiger partial charge in [-0.15, -0.1) is 0 Å². The van der Waals surface area contributed by atoms with Crippen LogP contribution in [-0.4, -0.2) is 45.5 Å². The van der Waals surface area contributed by atoms with Gasteiger partial charge in [0.15, 0.2) is 0 Å². The van der Waals surface area contributed by atoms with Crippen molar-refractivity contribution in [1.82, 2.24) is 0 Å². The summed E-state index contributed by atoms with van der Waals surface area (Å²) >= 11 is 0. The van der Waals surface area contributed by atoms with Crippen molar-refractivity contribution in [2.75, 3.05) is 39.6 Å². The molecule has 6 unspecified atom stereocenters. The first kappa shape index (κ1) is 26.4. The van der Waals surface area contributed by atoms with Crippen LogP contribution in [0.15, 0.2) is 0 Å². The van der Waals surface area contributed by atoms with Crippen molar-refractivity contribution >= 4 is 5.97 Å². The lowest BCUT2D eigenvalue weighted by Gasteiger charge is -2.60. The molecule has 4 saturated carbocycles. The molecule has 4 aliphatic carbocycles. The second kappa shape index (κ2) is 12.1. The smallest absolute Gasteiger partial charge is 0.305 e. The van der Waals surface area contributed by atoms with Gasteiger partial charge in [-0.1, -0.05) is 26.7 Å². The van der Waals surface area contributed by atoms with E-state index in [9.17, 15) is 4.79 Å². The van der Waals surface area contributed by atoms with Gasteiger partial charge >= 0.3 is 5.97 Å². The number of hydrogen-bond donors (Lipinski definition) is 1. The van der Waals surface area contributed by atoms with E-state index in [-0.39, 0.29) is 5.97 Å². The molecule has 0 bridgehead atoms. The molecule has 0 amide bonds. The first-order valence-corrected chi connectivity index (χ1v) is 14.5. The highest BCUT2D eigenvalue weighted by Gasteiger charge is 2.59. The van der Waals surface area contributed by atoms with Gasteiger partial charge in [0.1, 0.15) is 6.61 Å². The molecular formula is C29H51NO4. The van der Waals surface area contributed by atoms with Crippen LogP contribution in [0.4, 0.5) is 0 Å². The SMILES string of the molecule is CC12CCC3C(CC[C@@H]4CCCCC34C)C1CCC2CCCC(=O)OCCOCCOCCN. The number of carbonyl (C=O) groups excluding carboxylic acids is 1. The van der Waals surface area contributed by atoms with E-state index in [1.54, 1.807) is 0 Å². The molecule has 0 saturated heterocycles. The molecular weight excluding hydrogens is 426 g/mol. The van der Waals surface area contributed by atoms with Gasteiger partial charge in [-0.3, -0.25) is 4.79 Å². The van der Waals surface area contributed by atoms with Crippen LogP contribution in [0.3, 0.4) is 0 Å². The van der Waals surface area contributed by atoms with Crippen LogP contribution in [0, 0.1) is 40.4 Å². The molecule has 0 aromatic rings. The molecule has 0 aromatic carbocycles. The Morgan fingerprint density at radius 2 is 1.59 bits per heavy atom. The van der Waals surface area contributed by atoms with E-state index in [4.69, 9.17) is 19.9 Å². The molecule has 2 N–H and O–H groups in total. The zero-order valence-electron chi connectivity index (χ0n) is 22.0. The highest BCUT2D eigenvalue weighted by Crippen LogP contribution is 2.67. The van der Waals surface area contributed by atoms with Crippen LogP contribution in [-0.2, 0) is 19.0 Å². The van der Waals surface area contributed by atoms with Gasteiger partial charge in [0.05, 0.1) is 26.4 Å². The topological polar surface area (TPSA) is 70.8 Å². The van der Waals surface area contributed by atoms with E-state index in [2.05, 4.69) is 13.8 Å². The predicted molar refractivity (Wildman–Crippen MR) is 135 cm³/mol. The average molecular weight is 478 g/mol. The lowest BCUT2D eigenvalue weighted by molar-refractivity contribution is -0.145. The molecule has 34 heavy (non-hydrogen) atoms. The quantitative estimate of drug-likeness (QED) is 0.287. The Morgan fingerprint density at radius 1 is 0.824 bits per heavy atom. The molecule has 0 heterocycles. The highest BCUT2D eigenvalue weighted by molar-refractivity contribution is 5.69. The Labute approximate surface area is 208 Å². The third-order valence-corrected chi connectivity index (χ3v) is 10.8. The molecule has 196 valence electrons. The maximum Gasteiger partial charge on any atom is 0.305 e. The summed E-state index contributed by atoms with van der Waals surface area (Å²) in [7, 11) is 0. The van der Waals surface area contributed by atoms with Crippen LogP contribution in [0.25, 0.3) is 0 Å². The van der Waals surface area contributed by atoms with Crippen LogP contribution in [0.5, 0.6) is 0 Å². The fourth-order valence-electron chi connectivity index (χ4n) is 9.06. The van der Waals surface area contributed by atoms with E-state index in [1.807, 2.05) is 0 Å². The molecule has 4 rings (SSSR count). The normalized spacial score (nSPS) is 39.2. The maximum absolute atomic E-state index is 12.2. The summed E-state index contributed by atoms with van der Waals surface area (Å²) in [5.41, 5.74) is 6.51. The monoisotopic (exact) mass is 477 g/mol. The van der Waals surface area contributed by atoms with Crippen molar-refractivity contribution in [3.05, 3.63) is 0 Å². The van der Waals surface area contributed by atoms with Crippen LogP contribution in [0.2, 0.25) is 0 Å². The molecule has 0 spiro atoms. The van der Waals surface area contributed by atoms with Crippen LogP contribution in [0.1, 0.15) is 97.3 Å². The summed E-state index contributed by atoms with van der Waals surface area (Å²) < 4.78 is 16.1. The first-order chi connectivity index (χ1) is 16.5. The minimum atomic E-state index is -0.0741. The highest BCUT2D eigenvalue weighted by atomic mass is 16.6. The second-order valence-electron chi connectivity index (χ2n) is 12.3. The lowest BCUT2D eigenvalue weighted by Crippen LogP contribution is -2.52. The number of esters is 1. The minimum Gasteiger partial charge on any atom is -0.463 e. The number of rotatable bonds is 12. The second-order valence-corrected chi connectivity index (χ2v) is 12.3. The van der Waals surface area contributed by atoms with E-state index in [0.29, 0.717) is 56.8 Å². The third-order valence-electron chi connectivity index (χ3n) is 10.8. The van der Waals surface area contributed by atoms with Gasteiger partial charge in [-0.2, -0.15) is 0 Å². The van der Waals surface area contributed by atoms with Gasteiger partial charge in [0.25, 0.3) is 0 Å². The molecule has 5 nitrogen and oxygen atoms in total. The van der Waals surface area contributed by atoms with Gasteiger partial charge in [0, 0.05) is 13.0 Å². The summed E-state index contributed by atoms with van der Waals surface area (Å²) in [6.45, 7) is 8.20. The van der Waals surface area contributed by atoms with Crippen molar-refractivity contribution in [3.63, 3.8) is 0 Å². The van der Waals surface area contributed by atoms with Crippen molar-refractivity contribution in [3.8, 4) is 0 Å². The average Bonchev–Trinajstić information content (AvgIpc) is 3.16. The van der Waals surface area contributed by atoms with E-state index < -0.39 is 0 Å². The Bertz CT molecular complexity index is 656. The van der Waals surface area contributed by atoms with E-state index in [0.717, 1.165) is 36.0 Å². The number of carbonyl (C=O) groups is 1. The Balaban J connectivity index is 1.17. The zero-order valence-corrected chi connectivity index (χ0v) is 22.0. The van der Waals surface area contributed by atoms with Crippen molar-refractivity contribution in [2.45, 2.75) is 97.3 Å². The van der Waals surface area contributed by atoms with Gasteiger partial charge in [-0.05, 0) is 105 Å². The molecule has 5 heteroatoms. The zero-order chi connectivity index (χ0) is 24.0. The van der Waals surface area contributed by atoms with Gasteiger partial charge in [-0.25, -0.2) is 0 Å². The summed E-state index contributed by atoms with van der Waals surface area (Å²) in [6, 6.07) is 0. The number of ether oxygens (including phenoxy) is 3. The molecule has 0 radical (unpaired) electrons. The van der Waals surface area contributed by atoms with Crippen molar-refractivity contribution < 1.29 is 19.0 Å². The van der Waals surface area contributed by atoms with E-state index in [1.165, 1.54) is 70.6 Å². The number of fused-ring (bicyclic) bond motifs is 5. The minimum absolute atomic E-state index is 0.0741. The molecule has 4 aliphatic rings. The summed E-state index contributed by atoms with van der Waals surface area (Å²) in [5.74, 6) is 4.59. The van der Waals surface area contributed by atoms with E-state index >= 15 is 0 Å². The van der Waals surface area contributed by atoms with Gasteiger partial charge in [0.2, 0.25) is 0 Å². The largest absolute Gasteiger partial charge is 0.463 e. The van der Waals surface area contributed by atoms with Gasteiger partial charge < -0.3 is 19.9 Å². The fraction of sp³-hybridized carbons (Fsp3) is 0.966. The fourth-order valence-corrected chi connectivity index (χ4v) is 9.06. The van der Waals surface area contributed by atoms with Crippen LogP contribution < -0.4 is 5.73 Å². The Kier molecular flexibility index (Phi) is 9.37. The number of nitrogens with two attached hydrogens (primary N) is 1. The lowest BCUT2D eigenvalue weighted by atomic mass is 9.45. The standard InChI is InChI=1S/C29H51NO4/c1-28-14-4-3-6-22(28)9-11-24-25-12-10-23(29(25,2)15-13-26(24)28)7-5-8-27(31)34-21-20-33-19-18-32-17-16-30/h22-26H,3-21,30H2,1-2H3/t22-,23?,24?,25?,26?,28?,29?/m0/s1. The summed E-state index contributed by atoms with van der Waals surface area (Å²) in [5, 5.41) is 0. The summed E-state index contributed by atoms with van der Waals surface area (Å²) in [6.07, 6.45) is 17.3. The Hall–Kier alpha value is -0.650. The third kappa shape index (κ3) is 5.67. The number of hydrogen-bond acceptors (Lipinski definition) is 5. The van der Waals surface area contributed by atoms with Crippen molar-refractivity contribution in [1.29, 1.82) is 0 Å². The molecule has 0 aromatic heterocycles. The van der Waals surface area contributed by atoms with Crippen LogP contribution >= 0.6 is 0 Å². The maximum atomic E-state index is 12.2. The summed E-state index contributed by atoms with van der Waals surface area (Å²) in [4.78, 5) is 12.2. The molecule has 4 fully saturated rings. The van der Waals surface area contributed by atoms with Crippen molar-refractivity contribution in [2.24, 2.45) is 46.2 Å². The predicted octanol–water partition coefficient (Wildman–Crippen LogP) is 5.74. The molecule has 7 atom stereocenters.